The monoisotopic (exact) mass is 168 g/mol. The molecule has 0 heterocycles. The molecule has 0 N–H and O–H groups in total. The third-order valence-electron chi connectivity index (χ3n) is 2.10. The zero-order chi connectivity index (χ0) is 9.56. The highest BCUT2D eigenvalue weighted by molar-refractivity contribution is 5.78. The average molecular weight is 168 g/mol. The topological polar surface area (TPSA) is 17.1 Å². The van der Waals surface area contributed by atoms with E-state index >= 15 is 0 Å². The number of rotatable bonds is 6. The summed E-state index contributed by atoms with van der Waals surface area (Å²) in [7, 11) is 0. The van der Waals surface area contributed by atoms with Crippen LogP contribution >= 0.6 is 0 Å². The molecule has 0 aromatic heterocycles. The second kappa shape index (κ2) is 5.99. The van der Waals surface area contributed by atoms with E-state index in [4.69, 9.17) is 0 Å². The second-order valence-corrected chi connectivity index (χ2v) is 3.71. The molecule has 1 atom stereocenters. The average Bonchev–Trinajstić information content (AvgIpc) is 2.00. The van der Waals surface area contributed by atoms with Crippen molar-refractivity contribution in [3.05, 3.63) is 12.2 Å². The molecule has 0 aliphatic carbocycles. The molecule has 0 aliphatic heterocycles. The van der Waals surface area contributed by atoms with Gasteiger partial charge in [-0.05, 0) is 19.3 Å². The summed E-state index contributed by atoms with van der Waals surface area (Å²) in [5.74, 6) is 0.926. The van der Waals surface area contributed by atoms with Crippen LogP contribution in [0.2, 0.25) is 0 Å². The van der Waals surface area contributed by atoms with Gasteiger partial charge in [-0.1, -0.05) is 25.8 Å². The summed E-state index contributed by atoms with van der Waals surface area (Å²) in [5, 5.41) is 0. The molecule has 0 rings (SSSR count). The molecule has 0 radical (unpaired) electrons. The van der Waals surface area contributed by atoms with Crippen LogP contribution in [0.3, 0.4) is 0 Å². The van der Waals surface area contributed by atoms with Gasteiger partial charge in [-0.25, -0.2) is 0 Å². The fraction of sp³-hybridized carbons (Fsp3) is 0.727. The fourth-order valence-electron chi connectivity index (χ4n) is 0.988. The number of ketones is 1. The van der Waals surface area contributed by atoms with E-state index in [1.165, 1.54) is 0 Å². The molecule has 0 fully saturated rings. The molecule has 0 aromatic carbocycles. The van der Waals surface area contributed by atoms with E-state index < -0.39 is 0 Å². The Morgan fingerprint density at radius 2 is 2.00 bits per heavy atom. The van der Waals surface area contributed by atoms with E-state index in [0.29, 0.717) is 18.1 Å². The molecule has 0 aliphatic rings. The first-order chi connectivity index (χ1) is 5.56. The zero-order valence-corrected chi connectivity index (χ0v) is 8.52. The van der Waals surface area contributed by atoms with Crippen molar-refractivity contribution in [3.63, 3.8) is 0 Å². The highest BCUT2D eigenvalue weighted by Crippen LogP contribution is 2.11. The maximum atomic E-state index is 11.3. The van der Waals surface area contributed by atoms with Crippen LogP contribution in [0.25, 0.3) is 0 Å². The van der Waals surface area contributed by atoms with Crippen molar-refractivity contribution in [2.75, 3.05) is 0 Å². The Hall–Kier alpha value is -0.590. The lowest BCUT2D eigenvalue weighted by atomic mass is 9.99. The van der Waals surface area contributed by atoms with Crippen LogP contribution in [0.5, 0.6) is 0 Å². The van der Waals surface area contributed by atoms with Gasteiger partial charge >= 0.3 is 0 Å². The van der Waals surface area contributed by atoms with Crippen LogP contribution in [0.15, 0.2) is 12.2 Å². The van der Waals surface area contributed by atoms with Crippen molar-refractivity contribution >= 4 is 5.78 Å². The summed E-state index contributed by atoms with van der Waals surface area (Å²) in [6, 6.07) is 0. The Morgan fingerprint density at radius 3 is 2.42 bits per heavy atom. The first-order valence-electron chi connectivity index (χ1n) is 4.72. The van der Waals surface area contributed by atoms with Crippen LogP contribution in [0, 0.1) is 5.92 Å². The number of hydrogen-bond donors (Lipinski definition) is 0. The maximum absolute atomic E-state index is 11.3. The Kier molecular flexibility index (Phi) is 5.69. The van der Waals surface area contributed by atoms with Gasteiger partial charge in [0, 0.05) is 12.8 Å². The van der Waals surface area contributed by atoms with E-state index in [1.807, 2.05) is 6.92 Å². The Labute approximate surface area is 75.9 Å². The lowest BCUT2D eigenvalue weighted by molar-refractivity contribution is -0.119. The SMILES string of the molecule is C=C(C)CCC(=O)CC(C)CC. The standard InChI is InChI=1S/C11H20O/c1-5-10(4)8-11(12)7-6-9(2)3/h10H,2,5-8H2,1,3-4H3. The highest BCUT2D eigenvalue weighted by Gasteiger charge is 2.06. The first-order valence-corrected chi connectivity index (χ1v) is 4.72. The van der Waals surface area contributed by atoms with Gasteiger partial charge in [0.2, 0.25) is 0 Å². The van der Waals surface area contributed by atoms with Gasteiger partial charge in [0.05, 0.1) is 0 Å². The minimum atomic E-state index is 0.382. The van der Waals surface area contributed by atoms with E-state index in [2.05, 4.69) is 20.4 Å². The number of carbonyl (C=O) groups is 1. The smallest absolute Gasteiger partial charge is 0.133 e. The van der Waals surface area contributed by atoms with E-state index in [1.54, 1.807) is 0 Å². The summed E-state index contributed by atoms with van der Waals surface area (Å²) in [6.45, 7) is 9.99. The van der Waals surface area contributed by atoms with E-state index in [-0.39, 0.29) is 0 Å². The van der Waals surface area contributed by atoms with Crippen LogP contribution in [-0.2, 0) is 4.79 Å². The minimum Gasteiger partial charge on any atom is -0.300 e. The molecule has 70 valence electrons. The van der Waals surface area contributed by atoms with Crippen molar-refractivity contribution < 1.29 is 4.79 Å². The first kappa shape index (κ1) is 11.4. The Balaban J connectivity index is 3.53. The van der Waals surface area contributed by atoms with E-state index in [0.717, 1.165) is 24.8 Å². The van der Waals surface area contributed by atoms with Gasteiger partial charge in [0.1, 0.15) is 5.78 Å². The van der Waals surface area contributed by atoms with Gasteiger partial charge < -0.3 is 0 Å². The van der Waals surface area contributed by atoms with Crippen LogP contribution < -0.4 is 0 Å². The summed E-state index contributed by atoms with van der Waals surface area (Å²) >= 11 is 0. The van der Waals surface area contributed by atoms with Gasteiger partial charge in [0.15, 0.2) is 0 Å². The number of carbonyl (C=O) groups excluding carboxylic acids is 1. The molecular weight excluding hydrogens is 148 g/mol. The van der Waals surface area contributed by atoms with E-state index in [9.17, 15) is 4.79 Å². The Bertz CT molecular complexity index is 158. The number of hydrogen-bond acceptors (Lipinski definition) is 1. The van der Waals surface area contributed by atoms with Crippen molar-refractivity contribution in [1.29, 1.82) is 0 Å². The molecular formula is C11H20O. The molecule has 1 unspecified atom stereocenters. The Morgan fingerprint density at radius 1 is 1.42 bits per heavy atom. The quantitative estimate of drug-likeness (QED) is 0.556. The fourth-order valence-corrected chi connectivity index (χ4v) is 0.988. The van der Waals surface area contributed by atoms with Gasteiger partial charge in [-0.2, -0.15) is 0 Å². The van der Waals surface area contributed by atoms with Crippen molar-refractivity contribution in [1.82, 2.24) is 0 Å². The molecule has 1 nitrogen and oxygen atoms in total. The normalized spacial score (nSPS) is 12.6. The predicted molar refractivity (Wildman–Crippen MR) is 53.1 cm³/mol. The lowest BCUT2D eigenvalue weighted by Crippen LogP contribution is -2.04. The van der Waals surface area contributed by atoms with Gasteiger partial charge in [0.25, 0.3) is 0 Å². The van der Waals surface area contributed by atoms with Crippen molar-refractivity contribution in [2.45, 2.75) is 46.5 Å². The zero-order valence-electron chi connectivity index (χ0n) is 8.52. The molecule has 0 aromatic rings. The number of Topliss-reactive ketones (excluding diaryl/α,β-unsaturated/α-hetero) is 1. The van der Waals surface area contributed by atoms with Crippen LogP contribution in [0.4, 0.5) is 0 Å². The minimum absolute atomic E-state index is 0.382. The van der Waals surface area contributed by atoms with Crippen LogP contribution in [-0.4, -0.2) is 5.78 Å². The second-order valence-electron chi connectivity index (χ2n) is 3.71. The lowest BCUT2D eigenvalue weighted by Gasteiger charge is -2.06. The summed E-state index contributed by atoms with van der Waals surface area (Å²) in [5.41, 5.74) is 1.10. The molecule has 0 saturated heterocycles. The van der Waals surface area contributed by atoms with Gasteiger partial charge in [-0.15, -0.1) is 6.58 Å². The number of allylic oxidation sites excluding steroid dienone is 1. The molecule has 0 spiro atoms. The third-order valence-corrected chi connectivity index (χ3v) is 2.10. The summed E-state index contributed by atoms with van der Waals surface area (Å²) in [4.78, 5) is 11.3. The molecule has 0 bridgehead atoms. The largest absolute Gasteiger partial charge is 0.300 e. The summed E-state index contributed by atoms with van der Waals surface area (Å²) in [6.07, 6.45) is 3.37. The summed E-state index contributed by atoms with van der Waals surface area (Å²) < 4.78 is 0. The molecule has 0 saturated carbocycles. The molecule has 0 amide bonds. The highest BCUT2D eigenvalue weighted by atomic mass is 16.1. The van der Waals surface area contributed by atoms with Crippen LogP contribution in [0.1, 0.15) is 46.5 Å². The van der Waals surface area contributed by atoms with Gasteiger partial charge in [-0.3, -0.25) is 4.79 Å². The predicted octanol–water partition coefficient (Wildman–Crippen LogP) is 3.35. The third kappa shape index (κ3) is 6.14. The van der Waals surface area contributed by atoms with Crippen molar-refractivity contribution in [2.24, 2.45) is 5.92 Å². The maximum Gasteiger partial charge on any atom is 0.133 e. The molecule has 1 heteroatoms. The molecule has 12 heavy (non-hydrogen) atoms. The van der Waals surface area contributed by atoms with Crippen molar-refractivity contribution in [3.8, 4) is 0 Å².